The van der Waals surface area contributed by atoms with E-state index in [2.05, 4.69) is 64.7 Å². The molecule has 0 aliphatic heterocycles. The maximum atomic E-state index is 6.03. The molecule has 0 unspecified atom stereocenters. The first-order valence-electron chi connectivity index (χ1n) is 9.44. The molecule has 1 aromatic carbocycles. The van der Waals surface area contributed by atoms with Gasteiger partial charge in [0.05, 0.1) is 13.2 Å². The van der Waals surface area contributed by atoms with Gasteiger partial charge >= 0.3 is 0 Å². The van der Waals surface area contributed by atoms with E-state index in [1.54, 1.807) is 14.0 Å². The van der Waals surface area contributed by atoms with Crippen molar-refractivity contribution in [1.29, 1.82) is 0 Å². The molecule has 1 aromatic heterocycles. The lowest BCUT2D eigenvalue weighted by atomic mass is 10.1. The van der Waals surface area contributed by atoms with Gasteiger partial charge in [-0.05, 0) is 44.2 Å². The molecule has 1 heterocycles. The molecule has 7 nitrogen and oxygen atoms in total. The van der Waals surface area contributed by atoms with E-state index in [-0.39, 0.29) is 24.0 Å². The molecule has 28 heavy (non-hydrogen) atoms. The van der Waals surface area contributed by atoms with Gasteiger partial charge in [-0.2, -0.15) is 4.98 Å². The second kappa shape index (κ2) is 12.6. The number of hydrogen-bond acceptors (Lipinski definition) is 5. The normalized spacial score (nSPS) is 11.3. The van der Waals surface area contributed by atoms with Crippen LogP contribution in [-0.2, 0) is 13.1 Å². The average Bonchev–Trinajstić information content (AvgIpc) is 3.05. The molecular weight excluding hydrogens is 469 g/mol. The minimum Gasteiger partial charge on any atom is -0.493 e. The fourth-order valence-corrected chi connectivity index (χ4v) is 2.59. The van der Waals surface area contributed by atoms with Gasteiger partial charge in [0.2, 0.25) is 5.89 Å². The van der Waals surface area contributed by atoms with Crippen molar-refractivity contribution in [3.63, 3.8) is 0 Å². The summed E-state index contributed by atoms with van der Waals surface area (Å²) in [6, 6.07) is 6.27. The van der Waals surface area contributed by atoms with Crippen molar-refractivity contribution >= 4 is 29.9 Å². The number of aliphatic imine (C=N–C) groups is 1. The van der Waals surface area contributed by atoms with Gasteiger partial charge in [0.25, 0.3) is 0 Å². The Labute approximate surface area is 184 Å². The molecule has 156 valence electrons. The smallest absolute Gasteiger partial charge is 0.246 e. The van der Waals surface area contributed by atoms with Gasteiger partial charge in [0, 0.05) is 19.2 Å². The highest BCUT2D eigenvalue weighted by molar-refractivity contribution is 14.0. The van der Waals surface area contributed by atoms with Crippen molar-refractivity contribution in [3.8, 4) is 5.75 Å². The van der Waals surface area contributed by atoms with E-state index in [1.165, 1.54) is 12.0 Å². The van der Waals surface area contributed by atoms with Gasteiger partial charge in [-0.15, -0.1) is 24.0 Å². The number of nitrogens with zero attached hydrogens (tertiary/aromatic N) is 3. The highest BCUT2D eigenvalue weighted by Gasteiger charge is 2.08. The molecule has 0 amide bonds. The van der Waals surface area contributed by atoms with Crippen molar-refractivity contribution in [2.45, 2.75) is 53.6 Å². The molecule has 0 fully saturated rings. The van der Waals surface area contributed by atoms with Gasteiger partial charge in [0.1, 0.15) is 5.75 Å². The van der Waals surface area contributed by atoms with Gasteiger partial charge in [-0.25, -0.2) is 0 Å². The van der Waals surface area contributed by atoms with Crippen LogP contribution >= 0.6 is 24.0 Å². The van der Waals surface area contributed by atoms with Crippen LogP contribution in [0, 0.1) is 19.8 Å². The van der Waals surface area contributed by atoms with Gasteiger partial charge in [-0.3, -0.25) is 4.99 Å². The summed E-state index contributed by atoms with van der Waals surface area (Å²) in [5.74, 6) is 3.43. The predicted molar refractivity (Wildman–Crippen MR) is 122 cm³/mol. The van der Waals surface area contributed by atoms with Gasteiger partial charge < -0.3 is 19.9 Å². The van der Waals surface area contributed by atoms with Gasteiger partial charge in [-0.1, -0.05) is 31.1 Å². The quantitative estimate of drug-likeness (QED) is 0.234. The monoisotopic (exact) mass is 501 g/mol. The molecule has 0 spiro atoms. The van der Waals surface area contributed by atoms with Crippen LogP contribution in [0.5, 0.6) is 5.75 Å². The Morgan fingerprint density at radius 1 is 1.21 bits per heavy atom. The number of ether oxygens (including phenoxy) is 1. The SMILES string of the molecule is CN=C(NCc1nc(C)no1)NCc1ccc(C)cc1OCCCC(C)C.I. The van der Waals surface area contributed by atoms with Crippen LogP contribution in [0.1, 0.15) is 49.5 Å². The molecule has 8 heteroatoms. The second-order valence-electron chi connectivity index (χ2n) is 7.01. The maximum Gasteiger partial charge on any atom is 0.246 e. The first-order valence-corrected chi connectivity index (χ1v) is 9.44. The number of halogens is 1. The first kappa shape index (κ1) is 24.2. The maximum absolute atomic E-state index is 6.03. The Hall–Kier alpha value is -1.84. The molecule has 0 bridgehead atoms. The molecule has 0 atom stereocenters. The summed E-state index contributed by atoms with van der Waals surface area (Å²) in [5.41, 5.74) is 2.29. The van der Waals surface area contributed by atoms with E-state index in [9.17, 15) is 0 Å². The lowest BCUT2D eigenvalue weighted by molar-refractivity contribution is 0.294. The molecule has 2 N–H and O–H groups in total. The Morgan fingerprint density at radius 3 is 2.61 bits per heavy atom. The third-order valence-corrected chi connectivity index (χ3v) is 4.05. The standard InChI is InChI=1S/C20H31N5O2.HI/c1-14(2)7-6-10-26-18-11-15(3)8-9-17(18)12-22-20(21-5)23-13-19-24-16(4)25-27-19;/h8-9,11,14H,6-7,10,12-13H2,1-5H3,(H2,21,22,23);1H. The van der Waals surface area contributed by atoms with Crippen molar-refractivity contribution in [2.75, 3.05) is 13.7 Å². The molecule has 0 radical (unpaired) electrons. The second-order valence-corrected chi connectivity index (χ2v) is 7.01. The van der Waals surface area contributed by atoms with Crippen LogP contribution < -0.4 is 15.4 Å². The highest BCUT2D eigenvalue weighted by Crippen LogP contribution is 2.21. The number of nitrogens with one attached hydrogen (secondary N) is 2. The Morgan fingerprint density at radius 2 is 1.96 bits per heavy atom. The van der Waals surface area contributed by atoms with E-state index >= 15 is 0 Å². The number of guanidine groups is 1. The van der Waals surface area contributed by atoms with Crippen LogP contribution in [-0.4, -0.2) is 29.8 Å². The molecule has 0 aliphatic carbocycles. The molecule has 0 aliphatic rings. The summed E-state index contributed by atoms with van der Waals surface area (Å²) < 4.78 is 11.1. The van der Waals surface area contributed by atoms with E-state index in [0.717, 1.165) is 24.3 Å². The van der Waals surface area contributed by atoms with Crippen molar-refractivity contribution in [3.05, 3.63) is 41.0 Å². The van der Waals surface area contributed by atoms with E-state index < -0.39 is 0 Å². The summed E-state index contributed by atoms with van der Waals surface area (Å²) >= 11 is 0. The summed E-state index contributed by atoms with van der Waals surface area (Å²) in [6.45, 7) is 10.1. The van der Waals surface area contributed by atoms with Crippen LogP contribution in [0.4, 0.5) is 0 Å². The molecule has 2 aromatic rings. The Kier molecular flexibility index (Phi) is 10.9. The fraction of sp³-hybridized carbons (Fsp3) is 0.550. The Balaban J connectivity index is 0.00000392. The molecule has 2 rings (SSSR count). The predicted octanol–water partition coefficient (Wildman–Crippen LogP) is 3.98. The summed E-state index contributed by atoms with van der Waals surface area (Å²) in [7, 11) is 1.73. The number of aryl methyl sites for hydroxylation is 2. The topological polar surface area (TPSA) is 84.6 Å². The third-order valence-electron chi connectivity index (χ3n) is 4.05. The zero-order chi connectivity index (χ0) is 19.6. The molecular formula is C20H32IN5O2. The number of benzene rings is 1. The fourth-order valence-electron chi connectivity index (χ4n) is 2.59. The zero-order valence-electron chi connectivity index (χ0n) is 17.4. The summed E-state index contributed by atoms with van der Waals surface area (Å²) in [4.78, 5) is 8.40. The van der Waals surface area contributed by atoms with Crippen molar-refractivity contribution in [1.82, 2.24) is 20.8 Å². The minimum absolute atomic E-state index is 0. The van der Waals surface area contributed by atoms with Crippen LogP contribution in [0.15, 0.2) is 27.7 Å². The highest BCUT2D eigenvalue weighted by atomic mass is 127. The van der Waals surface area contributed by atoms with E-state index in [0.29, 0.717) is 36.7 Å². The van der Waals surface area contributed by atoms with Crippen LogP contribution in [0.3, 0.4) is 0 Å². The van der Waals surface area contributed by atoms with E-state index in [4.69, 9.17) is 9.26 Å². The Bertz CT molecular complexity index is 746. The number of aromatic nitrogens is 2. The largest absolute Gasteiger partial charge is 0.493 e. The van der Waals surface area contributed by atoms with E-state index in [1.807, 2.05) is 0 Å². The zero-order valence-corrected chi connectivity index (χ0v) is 19.7. The first-order chi connectivity index (χ1) is 13.0. The number of hydrogen-bond donors (Lipinski definition) is 2. The van der Waals surface area contributed by atoms with Gasteiger partial charge in [0.15, 0.2) is 11.8 Å². The summed E-state index contributed by atoms with van der Waals surface area (Å²) in [5, 5.41) is 10.2. The summed E-state index contributed by atoms with van der Waals surface area (Å²) in [6.07, 6.45) is 2.23. The lowest BCUT2D eigenvalue weighted by Crippen LogP contribution is -2.36. The van der Waals surface area contributed by atoms with Crippen LogP contribution in [0.2, 0.25) is 0 Å². The molecule has 0 saturated heterocycles. The average molecular weight is 501 g/mol. The third kappa shape index (κ3) is 8.45. The minimum atomic E-state index is 0. The lowest BCUT2D eigenvalue weighted by Gasteiger charge is -2.15. The molecule has 0 saturated carbocycles. The van der Waals surface area contributed by atoms with Crippen molar-refractivity contribution < 1.29 is 9.26 Å². The number of rotatable bonds is 9. The van der Waals surface area contributed by atoms with Crippen LogP contribution in [0.25, 0.3) is 0 Å². The van der Waals surface area contributed by atoms with Crippen molar-refractivity contribution in [2.24, 2.45) is 10.9 Å².